The third-order valence-electron chi connectivity index (χ3n) is 2.61. The summed E-state index contributed by atoms with van der Waals surface area (Å²) < 4.78 is 5.58. The molecule has 0 spiro atoms. The SMILES string of the molecule is Nc1c(Cl)ccc(Oc2ccc(Cl)c(N)c2N)c1N. The fourth-order valence-electron chi connectivity index (χ4n) is 1.48. The Bertz CT molecular complexity index is 591. The van der Waals surface area contributed by atoms with Crippen molar-refractivity contribution in [2.45, 2.75) is 0 Å². The van der Waals surface area contributed by atoms with Crippen LogP contribution in [0, 0.1) is 0 Å². The fourth-order valence-corrected chi connectivity index (χ4v) is 1.81. The Labute approximate surface area is 120 Å². The van der Waals surface area contributed by atoms with Crippen LogP contribution < -0.4 is 27.7 Å². The van der Waals surface area contributed by atoms with Gasteiger partial charge in [-0.25, -0.2) is 0 Å². The van der Waals surface area contributed by atoms with Crippen LogP contribution in [0.5, 0.6) is 11.5 Å². The van der Waals surface area contributed by atoms with E-state index in [1.54, 1.807) is 24.3 Å². The molecule has 2 rings (SSSR count). The van der Waals surface area contributed by atoms with Gasteiger partial charge in [-0.2, -0.15) is 0 Å². The van der Waals surface area contributed by atoms with Crippen molar-refractivity contribution in [3.8, 4) is 11.5 Å². The van der Waals surface area contributed by atoms with Gasteiger partial charge < -0.3 is 27.7 Å². The maximum Gasteiger partial charge on any atom is 0.152 e. The molecule has 19 heavy (non-hydrogen) atoms. The number of anilines is 4. The first kappa shape index (κ1) is 13.5. The summed E-state index contributed by atoms with van der Waals surface area (Å²) in [6, 6.07) is 6.35. The zero-order valence-electron chi connectivity index (χ0n) is 9.78. The summed E-state index contributed by atoms with van der Waals surface area (Å²) in [5.41, 5.74) is 24.0. The number of hydrogen-bond donors (Lipinski definition) is 4. The van der Waals surface area contributed by atoms with Crippen LogP contribution >= 0.6 is 23.2 Å². The molecule has 8 N–H and O–H groups in total. The second-order valence-corrected chi connectivity index (χ2v) is 4.66. The Morgan fingerprint density at radius 2 is 1.00 bits per heavy atom. The zero-order valence-corrected chi connectivity index (χ0v) is 11.3. The maximum absolute atomic E-state index is 5.84. The molecule has 0 saturated carbocycles. The van der Waals surface area contributed by atoms with E-state index in [4.69, 9.17) is 50.9 Å². The molecule has 0 atom stereocenters. The largest absolute Gasteiger partial charge is 0.453 e. The summed E-state index contributed by atoms with van der Waals surface area (Å²) in [4.78, 5) is 0. The lowest BCUT2D eigenvalue weighted by Gasteiger charge is -2.14. The molecule has 0 saturated heterocycles. The highest BCUT2D eigenvalue weighted by Crippen LogP contribution is 2.40. The van der Waals surface area contributed by atoms with Gasteiger partial charge in [-0.05, 0) is 24.3 Å². The van der Waals surface area contributed by atoms with Gasteiger partial charge in [-0.1, -0.05) is 23.2 Å². The highest BCUT2D eigenvalue weighted by atomic mass is 35.5. The Morgan fingerprint density at radius 1 is 0.632 bits per heavy atom. The molecular weight excluding hydrogens is 287 g/mol. The Kier molecular flexibility index (Phi) is 3.50. The zero-order chi connectivity index (χ0) is 14.2. The molecule has 2 aromatic carbocycles. The van der Waals surface area contributed by atoms with Crippen molar-refractivity contribution in [1.29, 1.82) is 0 Å². The minimum Gasteiger partial charge on any atom is -0.453 e. The number of hydrogen-bond acceptors (Lipinski definition) is 5. The monoisotopic (exact) mass is 298 g/mol. The van der Waals surface area contributed by atoms with E-state index in [0.29, 0.717) is 21.5 Å². The predicted octanol–water partition coefficient (Wildman–Crippen LogP) is 3.11. The Hall–Kier alpha value is -1.98. The fraction of sp³-hybridized carbons (Fsp3) is 0. The van der Waals surface area contributed by atoms with Gasteiger partial charge in [0.15, 0.2) is 11.5 Å². The van der Waals surface area contributed by atoms with Crippen molar-refractivity contribution < 1.29 is 4.74 Å². The standard InChI is InChI=1S/C12H12Cl2N4O/c13-5-1-3-7(11(17)9(5)15)19-8-4-2-6(14)10(16)12(8)18/h1-4H,15-18H2. The van der Waals surface area contributed by atoms with Crippen LogP contribution in [0.15, 0.2) is 24.3 Å². The average Bonchev–Trinajstić information content (AvgIpc) is 2.39. The van der Waals surface area contributed by atoms with E-state index in [1.807, 2.05) is 0 Å². The van der Waals surface area contributed by atoms with E-state index < -0.39 is 0 Å². The number of halogens is 2. The molecule has 5 nitrogen and oxygen atoms in total. The summed E-state index contributed by atoms with van der Waals surface area (Å²) in [5, 5.41) is 0.710. The Balaban J connectivity index is 2.43. The third-order valence-corrected chi connectivity index (χ3v) is 3.27. The lowest BCUT2D eigenvalue weighted by atomic mass is 10.2. The quantitative estimate of drug-likeness (QED) is 0.636. The molecule has 100 valence electrons. The smallest absolute Gasteiger partial charge is 0.152 e. The van der Waals surface area contributed by atoms with Crippen LogP contribution in [0.3, 0.4) is 0 Å². The molecule has 0 radical (unpaired) electrons. The van der Waals surface area contributed by atoms with Gasteiger partial charge >= 0.3 is 0 Å². The van der Waals surface area contributed by atoms with Crippen LogP contribution in [-0.2, 0) is 0 Å². The van der Waals surface area contributed by atoms with Crippen LogP contribution in [-0.4, -0.2) is 0 Å². The molecular formula is C12H12Cl2N4O. The molecule has 0 bridgehead atoms. The van der Waals surface area contributed by atoms with Gasteiger partial charge in [0.2, 0.25) is 0 Å². The first-order chi connectivity index (χ1) is 8.91. The first-order valence-corrected chi connectivity index (χ1v) is 6.02. The van der Waals surface area contributed by atoms with E-state index in [1.165, 1.54) is 0 Å². The third kappa shape index (κ3) is 2.43. The summed E-state index contributed by atoms with van der Waals surface area (Å²) in [6.45, 7) is 0. The summed E-state index contributed by atoms with van der Waals surface area (Å²) >= 11 is 11.7. The van der Waals surface area contributed by atoms with Crippen molar-refractivity contribution in [3.63, 3.8) is 0 Å². The summed E-state index contributed by atoms with van der Waals surface area (Å²) in [7, 11) is 0. The topological polar surface area (TPSA) is 113 Å². The van der Waals surface area contributed by atoms with Crippen LogP contribution in [0.1, 0.15) is 0 Å². The molecule has 0 unspecified atom stereocenters. The minimum atomic E-state index is 0.237. The van der Waals surface area contributed by atoms with E-state index in [-0.39, 0.29) is 22.7 Å². The molecule has 7 heteroatoms. The molecule has 0 aromatic heterocycles. The Morgan fingerprint density at radius 3 is 1.37 bits per heavy atom. The van der Waals surface area contributed by atoms with Crippen molar-refractivity contribution in [3.05, 3.63) is 34.3 Å². The van der Waals surface area contributed by atoms with Gasteiger partial charge in [0, 0.05) is 0 Å². The van der Waals surface area contributed by atoms with E-state index in [9.17, 15) is 0 Å². The summed E-state index contributed by atoms with van der Waals surface area (Å²) in [5.74, 6) is 0.686. The molecule has 2 aromatic rings. The molecule has 0 aliphatic rings. The first-order valence-electron chi connectivity index (χ1n) is 5.26. The van der Waals surface area contributed by atoms with Gasteiger partial charge in [0.1, 0.15) is 0 Å². The number of rotatable bonds is 2. The van der Waals surface area contributed by atoms with Crippen LogP contribution in [0.2, 0.25) is 10.0 Å². The minimum absolute atomic E-state index is 0.237. The molecule has 0 aliphatic carbocycles. The normalized spacial score (nSPS) is 10.4. The second-order valence-electron chi connectivity index (χ2n) is 3.85. The highest BCUT2D eigenvalue weighted by Gasteiger charge is 2.12. The van der Waals surface area contributed by atoms with E-state index >= 15 is 0 Å². The predicted molar refractivity (Wildman–Crippen MR) is 80.6 cm³/mol. The average molecular weight is 299 g/mol. The van der Waals surface area contributed by atoms with E-state index in [0.717, 1.165) is 0 Å². The lowest BCUT2D eigenvalue weighted by Crippen LogP contribution is -2.01. The van der Waals surface area contributed by atoms with Gasteiger partial charge in [-0.15, -0.1) is 0 Å². The van der Waals surface area contributed by atoms with Gasteiger partial charge in [0.25, 0.3) is 0 Å². The number of benzene rings is 2. The number of nitrogens with two attached hydrogens (primary N) is 4. The van der Waals surface area contributed by atoms with Gasteiger partial charge in [0.05, 0.1) is 32.8 Å². The number of nitrogen functional groups attached to an aromatic ring is 4. The summed E-state index contributed by atoms with van der Waals surface area (Å²) in [6.07, 6.45) is 0. The highest BCUT2D eigenvalue weighted by molar-refractivity contribution is 6.34. The molecule has 0 heterocycles. The van der Waals surface area contributed by atoms with Crippen molar-refractivity contribution in [2.75, 3.05) is 22.9 Å². The van der Waals surface area contributed by atoms with Crippen molar-refractivity contribution in [2.24, 2.45) is 0 Å². The lowest BCUT2D eigenvalue weighted by molar-refractivity contribution is 0.488. The molecule has 0 amide bonds. The van der Waals surface area contributed by atoms with Crippen LogP contribution in [0.4, 0.5) is 22.7 Å². The molecule has 0 fully saturated rings. The van der Waals surface area contributed by atoms with Crippen molar-refractivity contribution >= 4 is 46.0 Å². The number of ether oxygens (including phenoxy) is 1. The molecule has 0 aliphatic heterocycles. The van der Waals surface area contributed by atoms with Crippen molar-refractivity contribution in [1.82, 2.24) is 0 Å². The maximum atomic E-state index is 5.84. The second kappa shape index (κ2) is 4.95. The van der Waals surface area contributed by atoms with Gasteiger partial charge in [-0.3, -0.25) is 0 Å². The van der Waals surface area contributed by atoms with E-state index in [2.05, 4.69) is 0 Å². The van der Waals surface area contributed by atoms with Crippen LogP contribution in [0.25, 0.3) is 0 Å².